The number of furan rings is 1. The Kier molecular flexibility index (Phi) is 5.33. The van der Waals surface area contributed by atoms with Crippen LogP contribution in [0.15, 0.2) is 50.6 Å². The van der Waals surface area contributed by atoms with Crippen LogP contribution in [-0.2, 0) is 4.79 Å². The fraction of sp³-hybridized carbons (Fsp3) is 0.278. The van der Waals surface area contributed by atoms with Gasteiger partial charge in [-0.2, -0.15) is 5.10 Å². The standard InChI is InChI=1S/C18H18BrN3O3/c1-11(21-22-18(24)15-9-10-16(19)25-15)12-5-7-14(8-6-12)20-17(23)13-3-2-4-13/h5-10,13H,2-4H2,1H3,(H,20,23)(H,22,24)/b21-11-. The molecule has 1 saturated carbocycles. The first-order valence-electron chi connectivity index (χ1n) is 8.04. The predicted molar refractivity (Wildman–Crippen MR) is 98.5 cm³/mol. The fourth-order valence-corrected chi connectivity index (χ4v) is 2.71. The number of halogens is 1. The summed E-state index contributed by atoms with van der Waals surface area (Å²) in [5, 5.41) is 6.99. The summed E-state index contributed by atoms with van der Waals surface area (Å²) in [7, 11) is 0. The molecule has 6 nitrogen and oxygen atoms in total. The van der Waals surface area contributed by atoms with Gasteiger partial charge in [-0.1, -0.05) is 18.6 Å². The molecule has 7 heteroatoms. The van der Waals surface area contributed by atoms with Gasteiger partial charge in [-0.3, -0.25) is 9.59 Å². The average molecular weight is 404 g/mol. The highest BCUT2D eigenvalue weighted by atomic mass is 79.9. The molecule has 130 valence electrons. The van der Waals surface area contributed by atoms with E-state index < -0.39 is 5.91 Å². The summed E-state index contributed by atoms with van der Waals surface area (Å²) in [5.74, 6) is -0.00648. The van der Waals surface area contributed by atoms with Crippen molar-refractivity contribution in [2.24, 2.45) is 11.0 Å². The highest BCUT2D eigenvalue weighted by molar-refractivity contribution is 9.10. The molecule has 0 aliphatic heterocycles. The number of nitrogens with zero attached hydrogens (tertiary/aromatic N) is 1. The normalized spacial score (nSPS) is 14.7. The SMILES string of the molecule is C/C(=N/NC(=O)c1ccc(Br)o1)c1ccc(NC(=O)C2CCC2)cc1. The molecule has 2 amide bonds. The summed E-state index contributed by atoms with van der Waals surface area (Å²) in [6.07, 6.45) is 3.08. The van der Waals surface area contributed by atoms with E-state index in [-0.39, 0.29) is 17.6 Å². The first-order chi connectivity index (χ1) is 12.0. The van der Waals surface area contributed by atoms with Gasteiger partial charge in [0.1, 0.15) is 0 Å². The Balaban J connectivity index is 1.58. The number of hydrogen-bond donors (Lipinski definition) is 2. The van der Waals surface area contributed by atoms with E-state index in [0.717, 1.165) is 30.5 Å². The zero-order valence-corrected chi connectivity index (χ0v) is 15.3. The van der Waals surface area contributed by atoms with E-state index in [9.17, 15) is 9.59 Å². The quantitative estimate of drug-likeness (QED) is 0.585. The minimum atomic E-state index is -0.422. The topological polar surface area (TPSA) is 83.7 Å². The maximum Gasteiger partial charge on any atom is 0.307 e. The molecule has 0 saturated heterocycles. The fourth-order valence-electron chi connectivity index (χ4n) is 2.40. The van der Waals surface area contributed by atoms with Crippen LogP contribution in [0.5, 0.6) is 0 Å². The van der Waals surface area contributed by atoms with E-state index >= 15 is 0 Å². The highest BCUT2D eigenvalue weighted by Gasteiger charge is 2.25. The molecule has 0 atom stereocenters. The Hall–Kier alpha value is -2.41. The van der Waals surface area contributed by atoms with Crippen molar-refractivity contribution in [2.75, 3.05) is 5.32 Å². The number of carbonyl (C=O) groups excluding carboxylic acids is 2. The van der Waals surface area contributed by atoms with Crippen LogP contribution in [0, 0.1) is 5.92 Å². The van der Waals surface area contributed by atoms with Crippen LogP contribution >= 0.6 is 15.9 Å². The average Bonchev–Trinajstić information content (AvgIpc) is 2.98. The lowest BCUT2D eigenvalue weighted by molar-refractivity contribution is -0.122. The number of nitrogens with one attached hydrogen (secondary N) is 2. The van der Waals surface area contributed by atoms with E-state index in [1.54, 1.807) is 19.1 Å². The summed E-state index contributed by atoms with van der Waals surface area (Å²) in [6, 6.07) is 10.6. The smallest absolute Gasteiger partial charge is 0.307 e. The molecule has 0 unspecified atom stereocenters. The zero-order chi connectivity index (χ0) is 17.8. The van der Waals surface area contributed by atoms with Gasteiger partial charge >= 0.3 is 5.91 Å². The second kappa shape index (κ2) is 7.65. The van der Waals surface area contributed by atoms with Gasteiger partial charge < -0.3 is 9.73 Å². The van der Waals surface area contributed by atoms with E-state index in [1.165, 1.54) is 0 Å². The third kappa shape index (κ3) is 4.36. The van der Waals surface area contributed by atoms with Crippen molar-refractivity contribution in [1.82, 2.24) is 5.43 Å². The predicted octanol–water partition coefficient (Wildman–Crippen LogP) is 3.93. The molecule has 1 aliphatic rings. The van der Waals surface area contributed by atoms with Gasteiger partial charge in [0.15, 0.2) is 10.4 Å². The Morgan fingerprint density at radius 2 is 1.88 bits per heavy atom. The molecule has 2 N–H and O–H groups in total. The molecular formula is C18H18BrN3O3. The zero-order valence-electron chi connectivity index (χ0n) is 13.7. The molecule has 0 radical (unpaired) electrons. The Labute approximate surface area is 153 Å². The van der Waals surface area contributed by atoms with Crippen molar-refractivity contribution >= 4 is 39.1 Å². The van der Waals surface area contributed by atoms with Crippen LogP contribution in [0.4, 0.5) is 5.69 Å². The monoisotopic (exact) mass is 403 g/mol. The lowest BCUT2D eigenvalue weighted by Gasteiger charge is -2.24. The number of benzene rings is 1. The first-order valence-corrected chi connectivity index (χ1v) is 8.83. The van der Waals surface area contributed by atoms with Crippen LogP contribution in [0.25, 0.3) is 0 Å². The Morgan fingerprint density at radius 3 is 2.44 bits per heavy atom. The third-order valence-electron chi connectivity index (χ3n) is 4.17. The van der Waals surface area contributed by atoms with Crippen LogP contribution in [0.3, 0.4) is 0 Å². The van der Waals surface area contributed by atoms with Crippen LogP contribution < -0.4 is 10.7 Å². The van der Waals surface area contributed by atoms with E-state index in [2.05, 4.69) is 31.8 Å². The molecule has 1 aromatic carbocycles. The molecule has 3 rings (SSSR count). The van der Waals surface area contributed by atoms with Crippen molar-refractivity contribution in [3.8, 4) is 0 Å². The van der Waals surface area contributed by atoms with Crippen molar-refractivity contribution in [1.29, 1.82) is 0 Å². The number of carbonyl (C=O) groups is 2. The summed E-state index contributed by atoms with van der Waals surface area (Å²) >= 11 is 3.15. The molecular weight excluding hydrogens is 386 g/mol. The second-order valence-electron chi connectivity index (χ2n) is 5.94. The molecule has 1 aliphatic carbocycles. The maximum absolute atomic E-state index is 11.9. The third-order valence-corrected chi connectivity index (χ3v) is 4.59. The lowest BCUT2D eigenvalue weighted by Crippen LogP contribution is -2.28. The molecule has 0 spiro atoms. The van der Waals surface area contributed by atoms with Crippen LogP contribution in [0.1, 0.15) is 42.3 Å². The van der Waals surface area contributed by atoms with Gasteiger partial charge in [0, 0.05) is 11.6 Å². The van der Waals surface area contributed by atoms with Gasteiger partial charge in [0.05, 0.1) is 5.71 Å². The lowest BCUT2D eigenvalue weighted by atomic mass is 9.85. The van der Waals surface area contributed by atoms with Crippen LogP contribution in [-0.4, -0.2) is 17.5 Å². The number of hydrogen-bond acceptors (Lipinski definition) is 4. The van der Waals surface area contributed by atoms with Gasteiger partial charge in [0.25, 0.3) is 0 Å². The molecule has 2 aromatic rings. The second-order valence-corrected chi connectivity index (χ2v) is 6.72. The van der Waals surface area contributed by atoms with Crippen molar-refractivity contribution in [2.45, 2.75) is 26.2 Å². The molecule has 25 heavy (non-hydrogen) atoms. The van der Waals surface area contributed by atoms with Gasteiger partial charge in [-0.05, 0) is 65.5 Å². The van der Waals surface area contributed by atoms with Crippen molar-refractivity contribution in [3.63, 3.8) is 0 Å². The number of rotatable bonds is 5. The largest absolute Gasteiger partial charge is 0.444 e. The Bertz CT molecular complexity index is 807. The highest BCUT2D eigenvalue weighted by Crippen LogP contribution is 2.27. The van der Waals surface area contributed by atoms with Gasteiger partial charge in [-0.25, -0.2) is 5.43 Å². The minimum absolute atomic E-state index is 0.0845. The van der Waals surface area contributed by atoms with E-state index in [0.29, 0.717) is 10.4 Å². The van der Waals surface area contributed by atoms with E-state index in [4.69, 9.17) is 4.42 Å². The maximum atomic E-state index is 11.9. The Morgan fingerprint density at radius 1 is 1.16 bits per heavy atom. The van der Waals surface area contributed by atoms with Gasteiger partial charge in [-0.15, -0.1) is 0 Å². The van der Waals surface area contributed by atoms with Gasteiger partial charge in [0.2, 0.25) is 5.91 Å². The summed E-state index contributed by atoms with van der Waals surface area (Å²) in [5.41, 5.74) is 4.71. The van der Waals surface area contributed by atoms with Crippen molar-refractivity contribution < 1.29 is 14.0 Å². The number of anilines is 1. The summed E-state index contributed by atoms with van der Waals surface area (Å²) in [4.78, 5) is 23.8. The number of amides is 2. The first kappa shape index (κ1) is 17.4. The molecule has 1 fully saturated rings. The summed E-state index contributed by atoms with van der Waals surface area (Å²) < 4.78 is 5.65. The number of hydrazone groups is 1. The summed E-state index contributed by atoms with van der Waals surface area (Å²) in [6.45, 7) is 1.79. The van der Waals surface area contributed by atoms with Crippen LogP contribution in [0.2, 0.25) is 0 Å². The molecule has 0 bridgehead atoms. The molecule has 1 aromatic heterocycles. The minimum Gasteiger partial charge on any atom is -0.444 e. The van der Waals surface area contributed by atoms with E-state index in [1.807, 2.05) is 24.3 Å². The molecule has 1 heterocycles. The van der Waals surface area contributed by atoms with Crippen molar-refractivity contribution in [3.05, 3.63) is 52.4 Å².